The SMILES string of the molecule is CO[C@@H]1CN(C(=O)c2cc[nH]c2C)C[C@H]1c1cn(C)nn1. The largest absolute Gasteiger partial charge is 0.379 e. The van der Waals surface area contributed by atoms with Crippen molar-refractivity contribution in [1.82, 2.24) is 24.9 Å². The van der Waals surface area contributed by atoms with Gasteiger partial charge >= 0.3 is 0 Å². The zero-order valence-electron chi connectivity index (χ0n) is 12.4. The highest BCUT2D eigenvalue weighted by molar-refractivity contribution is 5.95. The van der Waals surface area contributed by atoms with Crippen LogP contribution in [0.2, 0.25) is 0 Å². The summed E-state index contributed by atoms with van der Waals surface area (Å²) in [6.45, 7) is 3.07. The minimum absolute atomic E-state index is 0.0298. The molecule has 1 aliphatic heterocycles. The van der Waals surface area contributed by atoms with E-state index in [4.69, 9.17) is 4.74 Å². The molecule has 112 valence electrons. The van der Waals surface area contributed by atoms with Gasteiger partial charge in [0.2, 0.25) is 0 Å². The van der Waals surface area contributed by atoms with E-state index in [-0.39, 0.29) is 17.9 Å². The number of aromatic amines is 1. The molecule has 0 bridgehead atoms. The van der Waals surface area contributed by atoms with Crippen LogP contribution in [0.1, 0.15) is 27.7 Å². The number of hydrogen-bond donors (Lipinski definition) is 1. The van der Waals surface area contributed by atoms with Crippen molar-refractivity contribution in [3.05, 3.63) is 35.4 Å². The molecule has 0 unspecified atom stereocenters. The molecule has 0 spiro atoms. The fourth-order valence-corrected chi connectivity index (χ4v) is 2.85. The molecule has 3 heterocycles. The van der Waals surface area contributed by atoms with Crippen LogP contribution in [-0.2, 0) is 11.8 Å². The minimum Gasteiger partial charge on any atom is -0.379 e. The Morgan fingerprint density at radius 1 is 1.48 bits per heavy atom. The first-order valence-corrected chi connectivity index (χ1v) is 6.92. The Morgan fingerprint density at radius 3 is 2.86 bits per heavy atom. The fourth-order valence-electron chi connectivity index (χ4n) is 2.85. The van der Waals surface area contributed by atoms with Gasteiger partial charge in [0.15, 0.2) is 0 Å². The average Bonchev–Trinajstić information content (AvgIpc) is 3.16. The highest BCUT2D eigenvalue weighted by Gasteiger charge is 2.38. The van der Waals surface area contributed by atoms with Gasteiger partial charge in [-0.15, -0.1) is 5.10 Å². The maximum absolute atomic E-state index is 12.6. The number of ether oxygens (including phenoxy) is 1. The van der Waals surface area contributed by atoms with E-state index in [0.717, 1.165) is 11.4 Å². The quantitative estimate of drug-likeness (QED) is 0.902. The fraction of sp³-hybridized carbons (Fsp3) is 0.500. The van der Waals surface area contributed by atoms with Gasteiger partial charge in [0.1, 0.15) is 0 Å². The van der Waals surface area contributed by atoms with Crippen LogP contribution in [-0.4, -0.2) is 57.1 Å². The Kier molecular flexibility index (Phi) is 3.50. The highest BCUT2D eigenvalue weighted by Crippen LogP contribution is 2.29. The van der Waals surface area contributed by atoms with Gasteiger partial charge < -0.3 is 14.6 Å². The summed E-state index contributed by atoms with van der Waals surface area (Å²) >= 11 is 0. The van der Waals surface area contributed by atoms with E-state index >= 15 is 0 Å². The normalized spacial score (nSPS) is 22.0. The topological polar surface area (TPSA) is 76.0 Å². The highest BCUT2D eigenvalue weighted by atomic mass is 16.5. The molecule has 0 aliphatic carbocycles. The molecule has 21 heavy (non-hydrogen) atoms. The summed E-state index contributed by atoms with van der Waals surface area (Å²) in [6, 6.07) is 1.81. The van der Waals surface area contributed by atoms with Crippen LogP contribution in [0.4, 0.5) is 0 Å². The summed E-state index contributed by atoms with van der Waals surface area (Å²) < 4.78 is 7.21. The third-order valence-electron chi connectivity index (χ3n) is 4.04. The summed E-state index contributed by atoms with van der Waals surface area (Å²) in [4.78, 5) is 17.4. The summed E-state index contributed by atoms with van der Waals surface area (Å²) in [5, 5.41) is 8.13. The lowest BCUT2D eigenvalue weighted by Crippen LogP contribution is -2.30. The van der Waals surface area contributed by atoms with Crippen molar-refractivity contribution in [2.24, 2.45) is 7.05 Å². The van der Waals surface area contributed by atoms with Gasteiger partial charge in [-0.05, 0) is 13.0 Å². The second kappa shape index (κ2) is 5.33. The molecular formula is C14H19N5O2. The zero-order chi connectivity index (χ0) is 15.0. The van der Waals surface area contributed by atoms with E-state index in [1.165, 1.54) is 0 Å². The number of rotatable bonds is 3. The molecule has 1 N–H and O–H groups in total. The molecular weight excluding hydrogens is 270 g/mol. The third-order valence-corrected chi connectivity index (χ3v) is 4.04. The number of carbonyl (C=O) groups is 1. The summed E-state index contributed by atoms with van der Waals surface area (Å²) in [6.07, 6.45) is 3.61. The van der Waals surface area contributed by atoms with E-state index in [1.807, 2.05) is 31.1 Å². The number of methoxy groups -OCH3 is 1. The van der Waals surface area contributed by atoms with Crippen molar-refractivity contribution >= 4 is 5.91 Å². The molecule has 0 aromatic carbocycles. The molecule has 1 saturated heterocycles. The molecule has 1 fully saturated rings. The zero-order valence-corrected chi connectivity index (χ0v) is 12.4. The van der Waals surface area contributed by atoms with Crippen LogP contribution in [0.15, 0.2) is 18.5 Å². The van der Waals surface area contributed by atoms with E-state index in [1.54, 1.807) is 18.0 Å². The van der Waals surface area contributed by atoms with Crippen LogP contribution in [0.3, 0.4) is 0 Å². The number of aryl methyl sites for hydroxylation is 2. The third kappa shape index (κ3) is 2.44. The molecule has 1 aliphatic rings. The lowest BCUT2D eigenvalue weighted by atomic mass is 10.0. The molecule has 2 aromatic heterocycles. The second-order valence-corrected chi connectivity index (χ2v) is 5.42. The number of H-pyrrole nitrogens is 1. The molecule has 0 radical (unpaired) electrons. The number of nitrogens with zero attached hydrogens (tertiary/aromatic N) is 4. The van der Waals surface area contributed by atoms with Gasteiger partial charge in [-0.1, -0.05) is 5.21 Å². The number of amides is 1. The Labute approximate surface area is 122 Å². The standard InChI is InChI=1S/C14H19N5O2/c1-9-10(4-5-15-9)14(20)19-6-11(13(8-19)21-3)12-7-18(2)17-16-12/h4-5,7,11,13,15H,6,8H2,1-3H3/t11-,13+/m0/s1. The number of likely N-dealkylation sites (tertiary alicyclic amines) is 1. The van der Waals surface area contributed by atoms with Crippen molar-refractivity contribution < 1.29 is 9.53 Å². The van der Waals surface area contributed by atoms with Crippen molar-refractivity contribution in [3.63, 3.8) is 0 Å². The van der Waals surface area contributed by atoms with E-state index in [2.05, 4.69) is 15.3 Å². The summed E-state index contributed by atoms with van der Waals surface area (Å²) in [7, 11) is 3.50. The molecule has 3 rings (SSSR count). The van der Waals surface area contributed by atoms with Gasteiger partial charge in [0, 0.05) is 45.3 Å². The first-order valence-electron chi connectivity index (χ1n) is 6.92. The molecule has 0 saturated carbocycles. The smallest absolute Gasteiger partial charge is 0.255 e. The molecule has 7 nitrogen and oxygen atoms in total. The Hall–Kier alpha value is -2.15. The van der Waals surface area contributed by atoms with Crippen molar-refractivity contribution in [1.29, 1.82) is 0 Å². The molecule has 7 heteroatoms. The predicted molar refractivity (Wildman–Crippen MR) is 76.0 cm³/mol. The lowest BCUT2D eigenvalue weighted by Gasteiger charge is -2.15. The number of carbonyl (C=O) groups excluding carboxylic acids is 1. The summed E-state index contributed by atoms with van der Waals surface area (Å²) in [5.74, 6) is 0.0917. The molecule has 1 amide bonds. The first-order chi connectivity index (χ1) is 10.1. The first kappa shape index (κ1) is 13.8. The average molecular weight is 289 g/mol. The van der Waals surface area contributed by atoms with Gasteiger partial charge in [-0.3, -0.25) is 9.48 Å². The van der Waals surface area contributed by atoms with E-state index in [0.29, 0.717) is 18.7 Å². The van der Waals surface area contributed by atoms with Gasteiger partial charge in [0.05, 0.1) is 23.3 Å². The Bertz CT molecular complexity index is 647. The molecule has 2 aromatic rings. The van der Waals surface area contributed by atoms with Gasteiger partial charge in [-0.25, -0.2) is 0 Å². The van der Waals surface area contributed by atoms with Crippen LogP contribution < -0.4 is 0 Å². The second-order valence-electron chi connectivity index (χ2n) is 5.42. The van der Waals surface area contributed by atoms with Crippen LogP contribution >= 0.6 is 0 Å². The number of hydrogen-bond acceptors (Lipinski definition) is 4. The van der Waals surface area contributed by atoms with Crippen LogP contribution in [0.25, 0.3) is 0 Å². The van der Waals surface area contributed by atoms with E-state index in [9.17, 15) is 4.79 Å². The minimum atomic E-state index is -0.0510. The Balaban J connectivity index is 1.81. The van der Waals surface area contributed by atoms with Crippen LogP contribution in [0, 0.1) is 6.92 Å². The maximum atomic E-state index is 12.6. The van der Waals surface area contributed by atoms with Crippen molar-refractivity contribution in [3.8, 4) is 0 Å². The predicted octanol–water partition coefficient (Wildman–Crippen LogP) is 0.706. The monoisotopic (exact) mass is 289 g/mol. The lowest BCUT2D eigenvalue weighted by molar-refractivity contribution is 0.0714. The van der Waals surface area contributed by atoms with Gasteiger partial charge in [0.25, 0.3) is 5.91 Å². The number of nitrogens with one attached hydrogen (secondary N) is 1. The molecule has 2 atom stereocenters. The van der Waals surface area contributed by atoms with Crippen molar-refractivity contribution in [2.45, 2.75) is 18.9 Å². The van der Waals surface area contributed by atoms with Gasteiger partial charge in [-0.2, -0.15) is 0 Å². The van der Waals surface area contributed by atoms with Crippen molar-refractivity contribution in [2.75, 3.05) is 20.2 Å². The Morgan fingerprint density at radius 2 is 2.29 bits per heavy atom. The summed E-state index contributed by atoms with van der Waals surface area (Å²) in [5.41, 5.74) is 2.46. The maximum Gasteiger partial charge on any atom is 0.255 e. The number of aromatic nitrogens is 4. The van der Waals surface area contributed by atoms with Crippen LogP contribution in [0.5, 0.6) is 0 Å². The van der Waals surface area contributed by atoms with E-state index < -0.39 is 0 Å².